The lowest BCUT2D eigenvalue weighted by molar-refractivity contribution is -0.132. The summed E-state index contributed by atoms with van der Waals surface area (Å²) in [6.45, 7) is 2.31. The summed E-state index contributed by atoms with van der Waals surface area (Å²) < 4.78 is 0. The summed E-state index contributed by atoms with van der Waals surface area (Å²) in [4.78, 5) is 26.3. The van der Waals surface area contributed by atoms with Crippen LogP contribution < -0.4 is 5.32 Å². The van der Waals surface area contributed by atoms with Crippen molar-refractivity contribution in [1.82, 2.24) is 10.2 Å². The number of fused-ring (bicyclic) bond motifs is 1. The molecule has 1 fully saturated rings. The Bertz CT molecular complexity index is 639. The normalized spacial score (nSPS) is 19.5. The Morgan fingerprint density at radius 3 is 2.73 bits per heavy atom. The van der Waals surface area contributed by atoms with Gasteiger partial charge in [0.05, 0.1) is 0 Å². The van der Waals surface area contributed by atoms with Gasteiger partial charge in [0, 0.05) is 32.5 Å². The van der Waals surface area contributed by atoms with E-state index in [1.807, 2.05) is 35.2 Å². The first kappa shape index (κ1) is 18.7. The number of allylic oxidation sites excluding steroid dienone is 1. The number of carbonyl (C=O) groups excluding carboxylic acids is 2. The van der Waals surface area contributed by atoms with Crippen molar-refractivity contribution >= 4 is 11.8 Å². The number of hydrogen-bond acceptors (Lipinski definition) is 2. The molecule has 0 radical (unpaired) electrons. The van der Waals surface area contributed by atoms with Crippen LogP contribution in [0, 0.1) is 5.92 Å². The van der Waals surface area contributed by atoms with E-state index in [-0.39, 0.29) is 11.8 Å². The summed E-state index contributed by atoms with van der Waals surface area (Å²) in [6, 6.07) is 9.92. The Labute approximate surface area is 156 Å². The SMILES string of the molecule is O=C(CCCCC(=O)N1CCC2CCCC=C2C1)NCc1ccccc1. The fourth-order valence-electron chi connectivity index (χ4n) is 3.96. The molecule has 140 valence electrons. The van der Waals surface area contributed by atoms with Crippen molar-refractivity contribution in [2.24, 2.45) is 5.92 Å². The summed E-state index contributed by atoms with van der Waals surface area (Å²) in [6.07, 6.45) is 9.86. The fourth-order valence-corrected chi connectivity index (χ4v) is 3.96. The van der Waals surface area contributed by atoms with Crippen LogP contribution in [0.2, 0.25) is 0 Å². The third kappa shape index (κ3) is 5.45. The Morgan fingerprint density at radius 1 is 1.08 bits per heavy atom. The van der Waals surface area contributed by atoms with Gasteiger partial charge in [0.1, 0.15) is 0 Å². The van der Waals surface area contributed by atoms with Gasteiger partial charge in [-0.05, 0) is 50.0 Å². The molecule has 26 heavy (non-hydrogen) atoms. The number of hydrogen-bond donors (Lipinski definition) is 1. The van der Waals surface area contributed by atoms with Gasteiger partial charge in [0.2, 0.25) is 11.8 Å². The van der Waals surface area contributed by atoms with Crippen molar-refractivity contribution in [2.75, 3.05) is 13.1 Å². The molecule has 0 saturated carbocycles. The predicted molar refractivity (Wildman–Crippen MR) is 103 cm³/mol. The molecule has 0 bridgehead atoms. The quantitative estimate of drug-likeness (QED) is 0.598. The van der Waals surface area contributed by atoms with Crippen molar-refractivity contribution < 1.29 is 9.59 Å². The zero-order valence-corrected chi connectivity index (χ0v) is 15.6. The monoisotopic (exact) mass is 354 g/mol. The van der Waals surface area contributed by atoms with Crippen LogP contribution in [0.4, 0.5) is 0 Å². The Hall–Kier alpha value is -2.10. The molecule has 1 heterocycles. The van der Waals surface area contributed by atoms with Gasteiger partial charge in [0.25, 0.3) is 0 Å². The maximum atomic E-state index is 12.4. The van der Waals surface area contributed by atoms with E-state index in [1.54, 1.807) is 0 Å². The average molecular weight is 354 g/mol. The van der Waals surface area contributed by atoms with E-state index in [9.17, 15) is 9.59 Å². The Morgan fingerprint density at radius 2 is 1.88 bits per heavy atom. The second kappa shape index (κ2) is 9.56. The molecule has 3 rings (SSSR count). The number of benzene rings is 1. The second-order valence-corrected chi connectivity index (χ2v) is 7.48. The summed E-state index contributed by atoms with van der Waals surface area (Å²) >= 11 is 0. The molecular weight excluding hydrogens is 324 g/mol. The third-order valence-electron chi connectivity index (χ3n) is 5.54. The van der Waals surface area contributed by atoms with Gasteiger partial charge in [-0.3, -0.25) is 9.59 Å². The van der Waals surface area contributed by atoms with Crippen molar-refractivity contribution in [3.63, 3.8) is 0 Å². The molecule has 2 aliphatic rings. The molecule has 1 aliphatic carbocycles. The molecule has 1 saturated heterocycles. The van der Waals surface area contributed by atoms with E-state index >= 15 is 0 Å². The van der Waals surface area contributed by atoms with Crippen molar-refractivity contribution in [1.29, 1.82) is 0 Å². The van der Waals surface area contributed by atoms with Gasteiger partial charge in [-0.15, -0.1) is 0 Å². The van der Waals surface area contributed by atoms with Crippen molar-refractivity contribution in [2.45, 2.75) is 57.9 Å². The number of amides is 2. The second-order valence-electron chi connectivity index (χ2n) is 7.48. The molecule has 4 nitrogen and oxygen atoms in total. The maximum Gasteiger partial charge on any atom is 0.222 e. The first-order chi connectivity index (χ1) is 12.7. The highest BCUT2D eigenvalue weighted by Crippen LogP contribution is 2.32. The minimum atomic E-state index is 0.0643. The van der Waals surface area contributed by atoms with Crippen LogP contribution in [0.25, 0.3) is 0 Å². The summed E-state index contributed by atoms with van der Waals surface area (Å²) in [5.74, 6) is 1.04. The first-order valence-corrected chi connectivity index (χ1v) is 9.99. The zero-order chi connectivity index (χ0) is 18.2. The Balaban J connectivity index is 1.30. The summed E-state index contributed by atoms with van der Waals surface area (Å²) in [5.41, 5.74) is 2.59. The molecule has 1 N–H and O–H groups in total. The lowest BCUT2D eigenvalue weighted by Crippen LogP contribution is -2.40. The highest BCUT2D eigenvalue weighted by atomic mass is 16.2. The van der Waals surface area contributed by atoms with Gasteiger partial charge < -0.3 is 10.2 Å². The molecule has 2 amide bonds. The van der Waals surface area contributed by atoms with Crippen LogP contribution in [0.5, 0.6) is 0 Å². The number of rotatable bonds is 7. The molecule has 1 aromatic carbocycles. The number of nitrogens with one attached hydrogen (secondary N) is 1. The van der Waals surface area contributed by atoms with Gasteiger partial charge in [0.15, 0.2) is 0 Å². The van der Waals surface area contributed by atoms with E-state index in [0.717, 1.165) is 43.8 Å². The van der Waals surface area contributed by atoms with Crippen LogP contribution >= 0.6 is 0 Å². The van der Waals surface area contributed by atoms with E-state index in [4.69, 9.17) is 0 Å². The fraction of sp³-hybridized carbons (Fsp3) is 0.545. The molecule has 0 spiro atoms. The van der Waals surface area contributed by atoms with Crippen LogP contribution in [-0.2, 0) is 16.1 Å². The van der Waals surface area contributed by atoms with Gasteiger partial charge >= 0.3 is 0 Å². The third-order valence-corrected chi connectivity index (χ3v) is 5.54. The molecule has 4 heteroatoms. The first-order valence-electron chi connectivity index (χ1n) is 9.99. The van der Waals surface area contributed by atoms with Crippen LogP contribution in [-0.4, -0.2) is 29.8 Å². The van der Waals surface area contributed by atoms with Gasteiger partial charge in [-0.25, -0.2) is 0 Å². The predicted octanol–water partition coefficient (Wildman–Crippen LogP) is 3.82. The smallest absolute Gasteiger partial charge is 0.222 e. The van der Waals surface area contributed by atoms with E-state index in [1.165, 1.54) is 24.8 Å². The summed E-state index contributed by atoms with van der Waals surface area (Å²) in [7, 11) is 0. The lowest BCUT2D eigenvalue weighted by Gasteiger charge is -2.36. The number of carbonyl (C=O) groups is 2. The zero-order valence-electron chi connectivity index (χ0n) is 15.6. The molecule has 1 aromatic rings. The molecule has 0 aromatic heterocycles. The summed E-state index contributed by atoms with van der Waals surface area (Å²) in [5, 5.41) is 2.94. The largest absolute Gasteiger partial charge is 0.352 e. The Kier molecular flexibility index (Phi) is 6.87. The minimum Gasteiger partial charge on any atom is -0.352 e. The van der Waals surface area contributed by atoms with Crippen molar-refractivity contribution in [3.05, 3.63) is 47.5 Å². The van der Waals surface area contributed by atoms with Crippen molar-refractivity contribution in [3.8, 4) is 0 Å². The molecular formula is C22H30N2O2. The van der Waals surface area contributed by atoms with E-state index < -0.39 is 0 Å². The molecule has 1 aliphatic heterocycles. The number of likely N-dealkylation sites (tertiary alicyclic amines) is 1. The molecule has 1 unspecified atom stereocenters. The highest BCUT2D eigenvalue weighted by molar-refractivity contribution is 5.77. The van der Waals surface area contributed by atoms with Crippen LogP contribution in [0.3, 0.4) is 0 Å². The van der Waals surface area contributed by atoms with Crippen LogP contribution in [0.15, 0.2) is 42.0 Å². The minimum absolute atomic E-state index is 0.0643. The standard InChI is InChI=1S/C22H30N2O2/c25-21(23-16-18-8-2-1-3-9-18)12-6-7-13-22(26)24-15-14-19-10-4-5-11-20(19)17-24/h1-3,8-9,11,19H,4-7,10,12-17H2,(H,23,25). The van der Waals surface area contributed by atoms with Gasteiger partial charge in [-0.2, -0.15) is 0 Å². The van der Waals surface area contributed by atoms with Gasteiger partial charge in [-0.1, -0.05) is 42.0 Å². The molecule has 1 atom stereocenters. The van der Waals surface area contributed by atoms with Crippen LogP contribution in [0.1, 0.15) is 56.9 Å². The number of piperidine rings is 1. The lowest BCUT2D eigenvalue weighted by atomic mass is 9.82. The topological polar surface area (TPSA) is 49.4 Å². The number of nitrogens with zero attached hydrogens (tertiary/aromatic N) is 1. The average Bonchev–Trinajstić information content (AvgIpc) is 2.70. The van der Waals surface area contributed by atoms with E-state index in [0.29, 0.717) is 19.4 Å². The maximum absolute atomic E-state index is 12.4. The van der Waals surface area contributed by atoms with E-state index in [2.05, 4.69) is 11.4 Å². The number of unbranched alkanes of at least 4 members (excludes halogenated alkanes) is 1. The highest BCUT2D eigenvalue weighted by Gasteiger charge is 2.27.